The summed E-state index contributed by atoms with van der Waals surface area (Å²) >= 11 is 0. The maximum Gasteiger partial charge on any atom is 0.263 e. The molecule has 3 heterocycles. The van der Waals surface area contributed by atoms with Crippen molar-refractivity contribution in [3.8, 4) is 0 Å². The molecule has 0 radical (unpaired) electrons. The summed E-state index contributed by atoms with van der Waals surface area (Å²) in [5, 5.41) is 5.56. The first-order valence-corrected chi connectivity index (χ1v) is 5.75. The van der Waals surface area contributed by atoms with Crippen LogP contribution in [-0.4, -0.2) is 9.72 Å². The Morgan fingerprint density at radius 3 is 3.18 bits per heavy atom. The Kier molecular flexibility index (Phi) is 1.57. The van der Waals surface area contributed by atoms with E-state index in [4.69, 9.17) is 4.52 Å². The Morgan fingerprint density at radius 1 is 1.29 bits per heavy atom. The van der Waals surface area contributed by atoms with Gasteiger partial charge in [-0.15, -0.1) is 0 Å². The van der Waals surface area contributed by atoms with Gasteiger partial charge in [0.25, 0.3) is 5.56 Å². The number of hydrogen-bond donors (Lipinski definition) is 0. The normalized spacial score (nSPS) is 14.6. The van der Waals surface area contributed by atoms with Gasteiger partial charge < -0.3 is 9.09 Å². The minimum atomic E-state index is 0.0147. The predicted molar refractivity (Wildman–Crippen MR) is 64.1 cm³/mol. The molecular formula is C13H10N2O2. The van der Waals surface area contributed by atoms with Crippen molar-refractivity contribution in [1.82, 2.24) is 9.72 Å². The van der Waals surface area contributed by atoms with E-state index in [0.717, 1.165) is 30.3 Å². The fourth-order valence-corrected chi connectivity index (χ4v) is 2.77. The van der Waals surface area contributed by atoms with Gasteiger partial charge in [-0.1, -0.05) is 23.4 Å². The SMILES string of the molecule is O=c1c2conc2c2cccc3c2n1CCC3. The molecule has 0 saturated heterocycles. The summed E-state index contributed by atoms with van der Waals surface area (Å²) in [6, 6.07) is 6.11. The first kappa shape index (κ1) is 8.98. The van der Waals surface area contributed by atoms with Gasteiger partial charge in [-0.3, -0.25) is 4.79 Å². The van der Waals surface area contributed by atoms with E-state index in [1.54, 1.807) is 0 Å². The predicted octanol–water partition coefficient (Wildman–Crippen LogP) is 2.09. The number of hydrogen-bond acceptors (Lipinski definition) is 3. The molecule has 1 aromatic carbocycles. The molecule has 0 atom stereocenters. The molecule has 1 aliphatic heterocycles. The highest BCUT2D eigenvalue weighted by Gasteiger charge is 2.18. The zero-order chi connectivity index (χ0) is 11.4. The molecular weight excluding hydrogens is 216 g/mol. The summed E-state index contributed by atoms with van der Waals surface area (Å²) in [5.41, 5.74) is 2.96. The molecule has 4 rings (SSSR count). The van der Waals surface area contributed by atoms with E-state index >= 15 is 0 Å². The highest BCUT2D eigenvalue weighted by Crippen LogP contribution is 2.27. The Balaban J connectivity index is 2.41. The first-order valence-electron chi connectivity index (χ1n) is 5.75. The average molecular weight is 226 g/mol. The number of pyridine rings is 1. The molecule has 0 saturated carbocycles. The molecule has 4 heteroatoms. The molecule has 0 unspecified atom stereocenters. The van der Waals surface area contributed by atoms with Crippen molar-refractivity contribution < 1.29 is 4.52 Å². The van der Waals surface area contributed by atoms with Crippen molar-refractivity contribution in [2.24, 2.45) is 0 Å². The number of para-hydroxylation sites is 1. The van der Waals surface area contributed by atoms with Gasteiger partial charge >= 0.3 is 0 Å². The molecule has 0 spiro atoms. The molecule has 2 aromatic heterocycles. The average Bonchev–Trinajstić information content (AvgIpc) is 2.85. The second-order valence-corrected chi connectivity index (χ2v) is 4.45. The number of rotatable bonds is 0. The molecule has 17 heavy (non-hydrogen) atoms. The topological polar surface area (TPSA) is 48.0 Å². The van der Waals surface area contributed by atoms with E-state index in [9.17, 15) is 4.79 Å². The van der Waals surface area contributed by atoms with Gasteiger partial charge in [0.1, 0.15) is 17.2 Å². The lowest BCUT2D eigenvalue weighted by molar-refractivity contribution is 0.428. The third-order valence-electron chi connectivity index (χ3n) is 3.52. The summed E-state index contributed by atoms with van der Waals surface area (Å²) in [5.74, 6) is 0. The van der Waals surface area contributed by atoms with E-state index < -0.39 is 0 Å². The van der Waals surface area contributed by atoms with Crippen molar-refractivity contribution in [3.05, 3.63) is 40.4 Å². The zero-order valence-electron chi connectivity index (χ0n) is 9.14. The lowest BCUT2D eigenvalue weighted by Crippen LogP contribution is -2.24. The lowest BCUT2D eigenvalue weighted by atomic mass is 10.0. The second-order valence-electron chi connectivity index (χ2n) is 4.45. The van der Waals surface area contributed by atoms with Crippen molar-refractivity contribution in [3.63, 3.8) is 0 Å². The summed E-state index contributed by atoms with van der Waals surface area (Å²) < 4.78 is 6.81. The number of nitrogens with zero attached hydrogens (tertiary/aromatic N) is 2. The Bertz CT molecular complexity index is 798. The van der Waals surface area contributed by atoms with Crippen LogP contribution in [0.5, 0.6) is 0 Å². The molecule has 0 aliphatic carbocycles. The Labute approximate surface area is 96.4 Å². The van der Waals surface area contributed by atoms with Crippen molar-refractivity contribution in [1.29, 1.82) is 0 Å². The Hall–Kier alpha value is -2.10. The van der Waals surface area contributed by atoms with E-state index in [1.807, 2.05) is 16.7 Å². The van der Waals surface area contributed by atoms with Gasteiger partial charge in [0, 0.05) is 11.9 Å². The molecule has 0 amide bonds. The monoisotopic (exact) mass is 226 g/mol. The van der Waals surface area contributed by atoms with Crippen LogP contribution >= 0.6 is 0 Å². The standard InChI is InChI=1S/C13H10N2O2/c16-13-10-7-17-14-11(10)9-5-1-3-8-4-2-6-15(13)12(8)9/h1,3,5,7H,2,4,6H2. The van der Waals surface area contributed by atoms with E-state index in [0.29, 0.717) is 10.9 Å². The van der Waals surface area contributed by atoms with Crippen molar-refractivity contribution >= 4 is 21.8 Å². The molecule has 3 aromatic rings. The van der Waals surface area contributed by atoms with E-state index in [1.165, 1.54) is 11.8 Å². The number of fused-ring (bicyclic) bond motifs is 2. The van der Waals surface area contributed by atoms with Crippen LogP contribution in [0.25, 0.3) is 21.8 Å². The minimum absolute atomic E-state index is 0.0147. The Morgan fingerprint density at radius 2 is 2.24 bits per heavy atom. The van der Waals surface area contributed by atoms with Crippen LogP contribution in [0.4, 0.5) is 0 Å². The van der Waals surface area contributed by atoms with Gasteiger partial charge in [0.15, 0.2) is 0 Å². The van der Waals surface area contributed by atoms with Crippen LogP contribution in [-0.2, 0) is 13.0 Å². The largest absolute Gasteiger partial charge is 0.363 e. The van der Waals surface area contributed by atoms with Crippen LogP contribution < -0.4 is 5.56 Å². The molecule has 1 aliphatic rings. The van der Waals surface area contributed by atoms with E-state index in [2.05, 4.69) is 11.2 Å². The highest BCUT2D eigenvalue weighted by molar-refractivity contribution is 6.03. The smallest absolute Gasteiger partial charge is 0.263 e. The summed E-state index contributed by atoms with van der Waals surface area (Å²) in [7, 11) is 0. The quantitative estimate of drug-likeness (QED) is 0.589. The van der Waals surface area contributed by atoms with Gasteiger partial charge in [-0.25, -0.2) is 0 Å². The number of aryl methyl sites for hydroxylation is 2. The van der Waals surface area contributed by atoms with Gasteiger partial charge in [0.05, 0.1) is 5.52 Å². The van der Waals surface area contributed by atoms with Crippen LogP contribution in [0.15, 0.2) is 33.8 Å². The maximum atomic E-state index is 12.3. The third kappa shape index (κ3) is 1.02. The first-order chi connectivity index (χ1) is 8.36. The molecule has 0 bridgehead atoms. The summed E-state index contributed by atoms with van der Waals surface area (Å²) in [6.45, 7) is 0.785. The van der Waals surface area contributed by atoms with Crippen LogP contribution in [0, 0.1) is 0 Å². The molecule has 84 valence electrons. The van der Waals surface area contributed by atoms with Crippen molar-refractivity contribution in [2.45, 2.75) is 19.4 Å². The second kappa shape index (κ2) is 2.97. The third-order valence-corrected chi connectivity index (χ3v) is 3.52. The van der Waals surface area contributed by atoms with Crippen LogP contribution in [0.2, 0.25) is 0 Å². The fourth-order valence-electron chi connectivity index (χ4n) is 2.77. The van der Waals surface area contributed by atoms with E-state index in [-0.39, 0.29) is 5.56 Å². The number of benzene rings is 1. The van der Waals surface area contributed by atoms with Gasteiger partial charge in [-0.2, -0.15) is 0 Å². The highest BCUT2D eigenvalue weighted by atomic mass is 16.5. The molecule has 0 fully saturated rings. The van der Waals surface area contributed by atoms with Gasteiger partial charge in [-0.05, 0) is 18.4 Å². The van der Waals surface area contributed by atoms with Gasteiger partial charge in [0.2, 0.25) is 0 Å². The molecule has 0 N–H and O–H groups in total. The van der Waals surface area contributed by atoms with Crippen molar-refractivity contribution in [2.75, 3.05) is 0 Å². The molecule has 4 nitrogen and oxygen atoms in total. The fraction of sp³-hybridized carbons (Fsp3) is 0.231. The lowest BCUT2D eigenvalue weighted by Gasteiger charge is -2.18. The zero-order valence-corrected chi connectivity index (χ0v) is 9.14. The summed E-state index contributed by atoms with van der Waals surface area (Å²) in [6.07, 6.45) is 3.49. The number of aromatic nitrogens is 2. The minimum Gasteiger partial charge on any atom is -0.363 e. The van der Waals surface area contributed by atoms with Crippen LogP contribution in [0.1, 0.15) is 12.0 Å². The maximum absolute atomic E-state index is 12.3. The van der Waals surface area contributed by atoms with Crippen LogP contribution in [0.3, 0.4) is 0 Å². The summed E-state index contributed by atoms with van der Waals surface area (Å²) in [4.78, 5) is 12.3.